The minimum atomic E-state index is -1.87. The lowest BCUT2D eigenvalue weighted by Gasteiger charge is -2.29. The van der Waals surface area contributed by atoms with Crippen molar-refractivity contribution < 1.29 is 22.3 Å². The molecule has 7 heteroatoms. The van der Waals surface area contributed by atoms with Crippen molar-refractivity contribution in [1.82, 2.24) is 0 Å². The molecular formula is C35H44F4N2O. The molecule has 0 aliphatic rings. The summed E-state index contributed by atoms with van der Waals surface area (Å²) in [5.74, 6) is -6.21. The molecule has 0 N–H and O–H groups in total. The second-order valence-corrected chi connectivity index (χ2v) is 12.0. The van der Waals surface area contributed by atoms with Crippen molar-refractivity contribution in [3.8, 4) is 5.75 Å². The largest absolute Gasteiger partial charge is 0.490 e. The Morgan fingerprint density at radius 2 is 1.19 bits per heavy atom. The molecular weight excluding hydrogens is 540 g/mol. The van der Waals surface area contributed by atoms with Gasteiger partial charge in [0, 0.05) is 18.3 Å². The van der Waals surface area contributed by atoms with E-state index in [-0.39, 0.29) is 18.4 Å². The molecule has 0 heterocycles. The van der Waals surface area contributed by atoms with Gasteiger partial charge in [-0.05, 0) is 58.8 Å². The zero-order valence-corrected chi connectivity index (χ0v) is 26.1. The van der Waals surface area contributed by atoms with Crippen LogP contribution in [-0.4, -0.2) is 19.5 Å². The van der Waals surface area contributed by atoms with Crippen molar-refractivity contribution in [2.75, 3.05) is 18.1 Å². The predicted octanol–water partition coefficient (Wildman–Crippen LogP) is 10.8. The molecule has 3 rings (SSSR count). The van der Waals surface area contributed by atoms with Crippen molar-refractivity contribution in [2.45, 2.75) is 91.9 Å². The third-order valence-electron chi connectivity index (χ3n) is 7.42. The Morgan fingerprint density at radius 1 is 0.690 bits per heavy atom. The Labute approximate surface area is 248 Å². The number of rotatable bonds is 13. The third kappa shape index (κ3) is 7.73. The van der Waals surface area contributed by atoms with Crippen LogP contribution in [0.5, 0.6) is 5.75 Å². The van der Waals surface area contributed by atoms with Crippen LogP contribution >= 0.6 is 0 Å². The number of unbranched alkanes of at least 4 members (excludes halogenated alkanes) is 1. The molecule has 0 aliphatic carbocycles. The Kier molecular flexibility index (Phi) is 11.6. The van der Waals surface area contributed by atoms with Crippen LogP contribution in [0.2, 0.25) is 0 Å². The molecule has 0 aliphatic heterocycles. The third-order valence-corrected chi connectivity index (χ3v) is 7.42. The van der Waals surface area contributed by atoms with E-state index >= 15 is 0 Å². The van der Waals surface area contributed by atoms with E-state index in [1.807, 2.05) is 6.34 Å². The first-order chi connectivity index (χ1) is 19.8. The van der Waals surface area contributed by atoms with Crippen LogP contribution in [0.15, 0.2) is 47.5 Å². The first kappa shape index (κ1) is 33.2. The molecule has 3 nitrogen and oxygen atoms in total. The molecule has 0 amide bonds. The highest BCUT2D eigenvalue weighted by Crippen LogP contribution is 2.37. The summed E-state index contributed by atoms with van der Waals surface area (Å²) < 4.78 is 59.9. The molecule has 0 saturated heterocycles. The van der Waals surface area contributed by atoms with Crippen LogP contribution in [0, 0.1) is 23.3 Å². The molecule has 228 valence electrons. The van der Waals surface area contributed by atoms with E-state index in [0.717, 1.165) is 11.4 Å². The van der Waals surface area contributed by atoms with Gasteiger partial charge in [0.05, 0.1) is 18.6 Å². The van der Waals surface area contributed by atoms with Gasteiger partial charge in [0.25, 0.3) is 0 Å². The number of aliphatic imine (C=N–C) groups is 1. The zero-order valence-electron chi connectivity index (χ0n) is 26.1. The van der Waals surface area contributed by atoms with Gasteiger partial charge in [-0.1, -0.05) is 91.8 Å². The van der Waals surface area contributed by atoms with Gasteiger partial charge in [-0.25, -0.2) is 18.2 Å². The standard InChI is InChI=1S/C35H44F4N2O/c1-21(2)25-13-11-14-26(22(3)4)34(25)40-20-41(35-27(23(5)6)15-12-16-28(35)24(7)8)17-9-10-18-42-30-19-29(36)31(37)33(39)32(30)38/h11-16,19-24H,9-10,17-18H2,1-8H3. The summed E-state index contributed by atoms with van der Waals surface area (Å²) in [7, 11) is 0. The fraction of sp³-hybridized carbons (Fsp3) is 0.457. The number of ether oxygens (including phenoxy) is 1. The van der Waals surface area contributed by atoms with Crippen molar-refractivity contribution in [3.05, 3.63) is 88.0 Å². The normalized spacial score (nSPS) is 12.0. The molecule has 3 aromatic rings. The van der Waals surface area contributed by atoms with Crippen molar-refractivity contribution in [1.29, 1.82) is 0 Å². The number of nitrogens with zero attached hydrogens (tertiary/aromatic N) is 2. The van der Waals surface area contributed by atoms with Crippen molar-refractivity contribution in [2.24, 2.45) is 4.99 Å². The lowest BCUT2D eigenvalue weighted by molar-refractivity contribution is 0.279. The molecule has 0 fully saturated rings. The van der Waals surface area contributed by atoms with E-state index in [1.165, 1.54) is 22.3 Å². The zero-order chi connectivity index (χ0) is 31.1. The first-order valence-electron chi connectivity index (χ1n) is 14.9. The Bertz CT molecular complexity index is 1330. The second-order valence-electron chi connectivity index (χ2n) is 12.0. The molecule has 0 spiro atoms. The molecule has 0 radical (unpaired) electrons. The van der Waals surface area contributed by atoms with Crippen LogP contribution in [0.3, 0.4) is 0 Å². The smallest absolute Gasteiger partial charge is 0.203 e. The molecule has 42 heavy (non-hydrogen) atoms. The summed E-state index contributed by atoms with van der Waals surface area (Å²) in [4.78, 5) is 7.30. The maximum absolute atomic E-state index is 14.0. The number of halogens is 4. The highest BCUT2D eigenvalue weighted by molar-refractivity contribution is 5.85. The number of anilines is 1. The summed E-state index contributed by atoms with van der Waals surface area (Å²) in [6.45, 7) is 18.0. The van der Waals surface area contributed by atoms with E-state index in [1.54, 1.807) is 0 Å². The summed E-state index contributed by atoms with van der Waals surface area (Å²) >= 11 is 0. The molecule has 3 aromatic carbocycles. The van der Waals surface area contributed by atoms with Crippen LogP contribution in [0.25, 0.3) is 0 Å². The number of benzene rings is 3. The topological polar surface area (TPSA) is 24.8 Å². The average molecular weight is 585 g/mol. The summed E-state index contributed by atoms with van der Waals surface area (Å²) in [5.41, 5.74) is 6.91. The van der Waals surface area contributed by atoms with Gasteiger partial charge in [0.2, 0.25) is 11.6 Å². The van der Waals surface area contributed by atoms with Crippen molar-refractivity contribution in [3.63, 3.8) is 0 Å². The first-order valence-corrected chi connectivity index (χ1v) is 14.9. The number of hydrogen-bond donors (Lipinski definition) is 0. The molecule has 0 atom stereocenters. The van der Waals surface area contributed by atoms with E-state index in [9.17, 15) is 17.6 Å². The SMILES string of the molecule is CC(C)c1cccc(C(C)C)c1N=CN(CCCCOc1cc(F)c(F)c(F)c1F)c1c(C(C)C)cccc1C(C)C. The fourth-order valence-electron chi connectivity index (χ4n) is 5.08. The maximum Gasteiger partial charge on any atom is 0.203 e. The monoisotopic (exact) mass is 584 g/mol. The quantitative estimate of drug-likeness (QED) is 0.0499. The van der Waals surface area contributed by atoms with Gasteiger partial charge in [-0.2, -0.15) is 4.39 Å². The molecule has 0 saturated carbocycles. The van der Waals surface area contributed by atoms with E-state index in [0.29, 0.717) is 37.3 Å². The van der Waals surface area contributed by atoms with Gasteiger partial charge < -0.3 is 9.64 Å². The van der Waals surface area contributed by atoms with E-state index in [2.05, 4.69) is 96.7 Å². The van der Waals surface area contributed by atoms with Gasteiger partial charge in [0.1, 0.15) is 0 Å². The van der Waals surface area contributed by atoms with Crippen LogP contribution in [0.1, 0.15) is 114 Å². The summed E-state index contributed by atoms with van der Waals surface area (Å²) in [6, 6.07) is 13.3. The van der Waals surface area contributed by atoms with Crippen LogP contribution in [-0.2, 0) is 0 Å². The summed E-state index contributed by atoms with van der Waals surface area (Å²) in [5, 5.41) is 0. The minimum Gasteiger partial charge on any atom is -0.490 e. The highest BCUT2D eigenvalue weighted by atomic mass is 19.2. The van der Waals surface area contributed by atoms with E-state index < -0.39 is 29.0 Å². The lowest BCUT2D eigenvalue weighted by atomic mass is 9.92. The highest BCUT2D eigenvalue weighted by Gasteiger charge is 2.21. The van der Waals surface area contributed by atoms with Crippen LogP contribution < -0.4 is 9.64 Å². The van der Waals surface area contributed by atoms with Gasteiger partial charge in [-0.15, -0.1) is 0 Å². The Hall–Kier alpha value is -3.35. The van der Waals surface area contributed by atoms with Gasteiger partial charge >= 0.3 is 0 Å². The van der Waals surface area contributed by atoms with Gasteiger partial charge in [-0.3, -0.25) is 0 Å². The minimum absolute atomic E-state index is 0.0168. The molecule has 0 unspecified atom stereocenters. The summed E-state index contributed by atoms with van der Waals surface area (Å²) in [6.07, 6.45) is 3.03. The molecule has 0 aromatic heterocycles. The van der Waals surface area contributed by atoms with Crippen molar-refractivity contribution >= 4 is 17.7 Å². The van der Waals surface area contributed by atoms with Crippen LogP contribution in [0.4, 0.5) is 28.9 Å². The predicted molar refractivity (Wildman–Crippen MR) is 166 cm³/mol. The molecule has 0 bridgehead atoms. The maximum atomic E-state index is 14.0. The average Bonchev–Trinajstić information content (AvgIpc) is 2.95. The number of hydrogen-bond acceptors (Lipinski definition) is 2. The Balaban J connectivity index is 1.95. The fourth-order valence-corrected chi connectivity index (χ4v) is 5.08. The lowest BCUT2D eigenvalue weighted by Crippen LogP contribution is -2.26. The van der Waals surface area contributed by atoms with E-state index in [4.69, 9.17) is 9.73 Å². The Morgan fingerprint density at radius 3 is 1.69 bits per heavy atom. The second kappa shape index (κ2) is 14.7. The van der Waals surface area contributed by atoms with Gasteiger partial charge in [0.15, 0.2) is 17.4 Å². The number of para-hydroxylation sites is 2.